The average molecular weight is 383 g/mol. The van der Waals surface area contributed by atoms with E-state index in [9.17, 15) is 4.79 Å². The third-order valence-electron chi connectivity index (χ3n) is 3.91. The molecule has 4 aromatic rings. The van der Waals surface area contributed by atoms with E-state index in [0.717, 1.165) is 27.7 Å². The Kier molecular flexibility index (Phi) is 4.90. The topological polar surface area (TPSA) is 60.9 Å². The molecule has 0 atom stereocenters. The fourth-order valence-corrected chi connectivity index (χ4v) is 4.26. The van der Waals surface area contributed by atoms with Gasteiger partial charge in [-0.05, 0) is 30.0 Å². The van der Waals surface area contributed by atoms with Crippen LogP contribution in [0.2, 0.25) is 0 Å². The molecule has 0 amide bonds. The van der Waals surface area contributed by atoms with E-state index in [4.69, 9.17) is 9.40 Å². The molecule has 4 rings (SSSR count). The van der Waals surface area contributed by atoms with Gasteiger partial charge in [-0.2, -0.15) is 0 Å². The van der Waals surface area contributed by atoms with Gasteiger partial charge in [0.1, 0.15) is 6.26 Å². The zero-order valence-corrected chi connectivity index (χ0v) is 15.8. The lowest BCUT2D eigenvalue weighted by Crippen LogP contribution is -2.23. The molecule has 0 saturated heterocycles. The summed E-state index contributed by atoms with van der Waals surface area (Å²) in [5.41, 5.74) is 1.58. The lowest BCUT2D eigenvalue weighted by Gasteiger charge is -2.11. The molecule has 3 aromatic heterocycles. The quantitative estimate of drug-likeness (QED) is 0.353. The first-order chi connectivity index (χ1) is 12.8. The number of rotatable bonds is 6. The summed E-state index contributed by atoms with van der Waals surface area (Å²) in [5.74, 6) is 1.23. The maximum Gasteiger partial charge on any atom is 0.262 e. The van der Waals surface area contributed by atoms with Crippen LogP contribution >= 0.6 is 23.1 Å². The fourth-order valence-electron chi connectivity index (χ4n) is 2.70. The molecular weight excluding hydrogens is 366 g/mol. The number of oxazole rings is 1. The largest absolute Gasteiger partial charge is 0.444 e. The molecule has 132 valence electrons. The van der Waals surface area contributed by atoms with Gasteiger partial charge >= 0.3 is 0 Å². The molecule has 0 fully saturated rings. The number of hydrogen-bond acceptors (Lipinski definition) is 6. The Bertz CT molecular complexity index is 1080. The van der Waals surface area contributed by atoms with Crippen molar-refractivity contribution in [3.63, 3.8) is 0 Å². The number of nitrogens with zero attached hydrogens (tertiary/aromatic N) is 3. The standard InChI is InChI=1S/C19H17N3O2S2/c1-2-9-22-18(23)14-6-3-4-7-15(14)21-19(22)26-12-13-11-24-17(20-13)16-8-5-10-25-16/h3-8,10-11H,2,9,12H2,1H3. The summed E-state index contributed by atoms with van der Waals surface area (Å²) in [6.45, 7) is 2.71. The second-order valence-electron chi connectivity index (χ2n) is 5.78. The zero-order valence-electron chi connectivity index (χ0n) is 14.2. The van der Waals surface area contributed by atoms with Gasteiger partial charge in [-0.1, -0.05) is 36.9 Å². The molecule has 0 saturated carbocycles. The first-order valence-electron chi connectivity index (χ1n) is 8.37. The van der Waals surface area contributed by atoms with E-state index in [2.05, 4.69) is 11.9 Å². The van der Waals surface area contributed by atoms with Gasteiger partial charge in [-0.3, -0.25) is 9.36 Å². The van der Waals surface area contributed by atoms with Crippen LogP contribution in [0.3, 0.4) is 0 Å². The van der Waals surface area contributed by atoms with Crippen molar-refractivity contribution in [2.45, 2.75) is 30.8 Å². The summed E-state index contributed by atoms with van der Waals surface area (Å²) in [6, 6.07) is 11.4. The van der Waals surface area contributed by atoms with Crippen LogP contribution in [0.4, 0.5) is 0 Å². The van der Waals surface area contributed by atoms with Gasteiger partial charge in [0.15, 0.2) is 5.16 Å². The highest BCUT2D eigenvalue weighted by atomic mass is 32.2. The van der Waals surface area contributed by atoms with Crippen molar-refractivity contribution < 1.29 is 4.42 Å². The molecule has 0 aliphatic rings. The number of thioether (sulfide) groups is 1. The molecule has 0 unspecified atom stereocenters. The number of benzene rings is 1. The lowest BCUT2D eigenvalue weighted by atomic mass is 10.2. The molecule has 26 heavy (non-hydrogen) atoms. The summed E-state index contributed by atoms with van der Waals surface area (Å²) in [6.07, 6.45) is 2.55. The Balaban J connectivity index is 1.62. The van der Waals surface area contributed by atoms with Gasteiger partial charge in [0, 0.05) is 12.3 Å². The number of fused-ring (bicyclic) bond motifs is 1. The molecule has 3 heterocycles. The van der Waals surface area contributed by atoms with Crippen molar-refractivity contribution in [1.82, 2.24) is 14.5 Å². The number of para-hydroxylation sites is 1. The van der Waals surface area contributed by atoms with Crippen LogP contribution in [-0.4, -0.2) is 14.5 Å². The third kappa shape index (κ3) is 3.32. The van der Waals surface area contributed by atoms with Crippen molar-refractivity contribution in [2.24, 2.45) is 0 Å². The van der Waals surface area contributed by atoms with E-state index in [1.807, 2.05) is 41.8 Å². The van der Waals surface area contributed by atoms with E-state index in [0.29, 0.717) is 23.6 Å². The number of hydrogen-bond donors (Lipinski definition) is 0. The summed E-state index contributed by atoms with van der Waals surface area (Å²) < 4.78 is 7.32. The van der Waals surface area contributed by atoms with E-state index >= 15 is 0 Å². The minimum absolute atomic E-state index is 0.0133. The predicted octanol–water partition coefficient (Wildman–Crippen LogP) is 4.82. The van der Waals surface area contributed by atoms with Crippen LogP contribution < -0.4 is 5.56 Å². The van der Waals surface area contributed by atoms with E-state index < -0.39 is 0 Å². The van der Waals surface area contributed by atoms with E-state index in [-0.39, 0.29) is 5.56 Å². The van der Waals surface area contributed by atoms with Crippen LogP contribution in [0, 0.1) is 0 Å². The lowest BCUT2D eigenvalue weighted by molar-refractivity contribution is 0.574. The Hall–Kier alpha value is -2.38. The van der Waals surface area contributed by atoms with Crippen molar-refractivity contribution >= 4 is 34.0 Å². The van der Waals surface area contributed by atoms with Crippen LogP contribution in [-0.2, 0) is 12.3 Å². The van der Waals surface area contributed by atoms with Gasteiger partial charge in [0.05, 0.1) is 21.5 Å². The van der Waals surface area contributed by atoms with Crippen molar-refractivity contribution in [2.75, 3.05) is 0 Å². The van der Waals surface area contributed by atoms with Gasteiger partial charge in [0.2, 0.25) is 5.89 Å². The van der Waals surface area contributed by atoms with Gasteiger partial charge in [-0.15, -0.1) is 11.3 Å². The molecule has 0 radical (unpaired) electrons. The zero-order chi connectivity index (χ0) is 17.9. The van der Waals surface area contributed by atoms with Crippen molar-refractivity contribution in [3.8, 4) is 10.8 Å². The highest BCUT2D eigenvalue weighted by Crippen LogP contribution is 2.27. The molecular formula is C19H17N3O2S2. The third-order valence-corrected chi connectivity index (χ3v) is 5.77. The van der Waals surface area contributed by atoms with Crippen LogP contribution in [0.5, 0.6) is 0 Å². The van der Waals surface area contributed by atoms with E-state index in [1.165, 1.54) is 11.8 Å². The monoisotopic (exact) mass is 383 g/mol. The second-order valence-corrected chi connectivity index (χ2v) is 7.67. The molecule has 0 aliphatic carbocycles. The normalized spacial score (nSPS) is 11.3. The fraction of sp³-hybridized carbons (Fsp3) is 0.211. The molecule has 7 heteroatoms. The van der Waals surface area contributed by atoms with Crippen LogP contribution in [0.15, 0.2) is 62.4 Å². The highest BCUT2D eigenvalue weighted by Gasteiger charge is 2.13. The first-order valence-corrected chi connectivity index (χ1v) is 10.2. The summed E-state index contributed by atoms with van der Waals surface area (Å²) in [5, 5.41) is 3.37. The maximum atomic E-state index is 12.8. The smallest absolute Gasteiger partial charge is 0.262 e. The Morgan fingerprint density at radius 2 is 2.08 bits per heavy atom. The molecule has 5 nitrogen and oxygen atoms in total. The molecule has 0 spiro atoms. The minimum atomic E-state index is 0.0133. The van der Waals surface area contributed by atoms with Gasteiger partial charge in [0.25, 0.3) is 5.56 Å². The SMILES string of the molecule is CCCn1c(SCc2coc(-c3cccs3)n2)nc2ccccc2c1=O. The van der Waals surface area contributed by atoms with Crippen molar-refractivity contribution in [3.05, 3.63) is 64.1 Å². The Labute approximate surface area is 158 Å². The summed E-state index contributed by atoms with van der Waals surface area (Å²) in [4.78, 5) is 23.0. The van der Waals surface area contributed by atoms with Crippen molar-refractivity contribution in [1.29, 1.82) is 0 Å². The summed E-state index contributed by atoms with van der Waals surface area (Å²) >= 11 is 3.11. The second kappa shape index (κ2) is 7.47. The predicted molar refractivity (Wildman–Crippen MR) is 106 cm³/mol. The van der Waals surface area contributed by atoms with E-state index in [1.54, 1.807) is 22.2 Å². The summed E-state index contributed by atoms with van der Waals surface area (Å²) in [7, 11) is 0. The van der Waals surface area contributed by atoms with Gasteiger partial charge < -0.3 is 4.42 Å². The van der Waals surface area contributed by atoms with Crippen LogP contribution in [0.25, 0.3) is 21.7 Å². The Morgan fingerprint density at radius 1 is 1.19 bits per heavy atom. The van der Waals surface area contributed by atoms with Crippen LogP contribution in [0.1, 0.15) is 19.0 Å². The highest BCUT2D eigenvalue weighted by molar-refractivity contribution is 7.98. The first kappa shape index (κ1) is 17.1. The Morgan fingerprint density at radius 3 is 2.88 bits per heavy atom. The van der Waals surface area contributed by atoms with Gasteiger partial charge in [-0.25, -0.2) is 9.97 Å². The molecule has 0 aliphatic heterocycles. The average Bonchev–Trinajstić information content (AvgIpc) is 3.34. The molecule has 1 aromatic carbocycles. The number of thiophene rings is 1. The number of aromatic nitrogens is 3. The minimum Gasteiger partial charge on any atom is -0.444 e. The maximum absolute atomic E-state index is 12.8. The molecule has 0 N–H and O–H groups in total. The molecule has 0 bridgehead atoms.